The third kappa shape index (κ3) is 3.54. The number of amides is 2. The van der Waals surface area contributed by atoms with E-state index in [1.54, 1.807) is 12.1 Å². The van der Waals surface area contributed by atoms with Gasteiger partial charge in [0.05, 0.1) is 11.4 Å². The third-order valence-electron chi connectivity index (χ3n) is 2.55. The van der Waals surface area contributed by atoms with Crippen molar-refractivity contribution in [1.29, 1.82) is 0 Å². The molecule has 0 heterocycles. The molecule has 20 heavy (non-hydrogen) atoms. The molecule has 6 heteroatoms. The van der Waals surface area contributed by atoms with E-state index in [0.717, 1.165) is 17.7 Å². The quantitative estimate of drug-likeness (QED) is 0.818. The van der Waals surface area contributed by atoms with Crippen LogP contribution in [0.1, 0.15) is 5.56 Å². The lowest BCUT2D eigenvalue weighted by Crippen LogP contribution is -2.20. The number of carbonyl (C=O) groups excluding carboxylic acids is 1. The summed E-state index contributed by atoms with van der Waals surface area (Å²) in [5, 5.41) is 4.90. The topological polar surface area (TPSA) is 41.1 Å². The van der Waals surface area contributed by atoms with Crippen molar-refractivity contribution in [3.63, 3.8) is 0 Å². The minimum Gasteiger partial charge on any atom is -0.307 e. The van der Waals surface area contributed by atoms with E-state index in [2.05, 4.69) is 26.6 Å². The third-order valence-corrected chi connectivity index (χ3v) is 3.24. The summed E-state index contributed by atoms with van der Waals surface area (Å²) in [4.78, 5) is 11.8. The number of hydrogen-bond donors (Lipinski definition) is 2. The van der Waals surface area contributed by atoms with Crippen molar-refractivity contribution in [2.75, 3.05) is 10.6 Å². The molecule has 0 aliphatic heterocycles. The number of aryl methyl sites for hydroxylation is 1. The summed E-state index contributed by atoms with van der Waals surface area (Å²) in [6, 6.07) is 7.78. The second-order valence-electron chi connectivity index (χ2n) is 4.19. The van der Waals surface area contributed by atoms with Gasteiger partial charge in [0.25, 0.3) is 0 Å². The zero-order chi connectivity index (χ0) is 14.7. The molecule has 104 valence electrons. The molecule has 2 amide bonds. The summed E-state index contributed by atoms with van der Waals surface area (Å²) in [6.07, 6.45) is 0. The Balaban J connectivity index is 2.11. The molecule has 0 spiro atoms. The van der Waals surface area contributed by atoms with Gasteiger partial charge in [-0.1, -0.05) is 6.07 Å². The average molecular weight is 341 g/mol. The average Bonchev–Trinajstić information content (AvgIpc) is 2.37. The van der Waals surface area contributed by atoms with Gasteiger partial charge in [-0.15, -0.1) is 0 Å². The summed E-state index contributed by atoms with van der Waals surface area (Å²) in [7, 11) is 0. The van der Waals surface area contributed by atoms with Gasteiger partial charge in [-0.05, 0) is 52.7 Å². The highest BCUT2D eigenvalue weighted by Gasteiger charge is 2.09. The SMILES string of the molecule is Cc1ccc(Br)c(NC(=O)Nc2ccc(F)cc2F)c1. The lowest BCUT2D eigenvalue weighted by Gasteiger charge is -2.10. The lowest BCUT2D eigenvalue weighted by molar-refractivity contribution is 0.262. The fourth-order valence-electron chi connectivity index (χ4n) is 1.60. The van der Waals surface area contributed by atoms with Crippen molar-refractivity contribution in [1.82, 2.24) is 0 Å². The van der Waals surface area contributed by atoms with Crippen molar-refractivity contribution >= 4 is 33.3 Å². The van der Waals surface area contributed by atoms with Crippen LogP contribution in [-0.4, -0.2) is 6.03 Å². The van der Waals surface area contributed by atoms with Crippen LogP contribution in [-0.2, 0) is 0 Å². The summed E-state index contributed by atoms with van der Waals surface area (Å²) in [5.41, 5.74) is 1.44. The second kappa shape index (κ2) is 6.00. The van der Waals surface area contributed by atoms with E-state index in [0.29, 0.717) is 16.2 Å². The maximum atomic E-state index is 13.4. The fraction of sp³-hybridized carbons (Fsp3) is 0.0714. The maximum Gasteiger partial charge on any atom is 0.323 e. The number of halogens is 3. The minimum absolute atomic E-state index is 0.0901. The van der Waals surface area contributed by atoms with Crippen LogP contribution in [0.4, 0.5) is 25.0 Å². The van der Waals surface area contributed by atoms with Crippen LogP contribution in [0.5, 0.6) is 0 Å². The van der Waals surface area contributed by atoms with Gasteiger partial charge in [0.2, 0.25) is 0 Å². The molecule has 0 aliphatic rings. The number of benzene rings is 2. The van der Waals surface area contributed by atoms with Crippen LogP contribution in [0.25, 0.3) is 0 Å². The summed E-state index contributed by atoms with van der Waals surface area (Å²) >= 11 is 3.30. The standard InChI is InChI=1S/C14H11BrF2N2O/c1-8-2-4-10(15)13(6-8)19-14(20)18-12-5-3-9(16)7-11(12)17/h2-7H,1H3,(H2,18,19,20). The zero-order valence-corrected chi connectivity index (χ0v) is 12.1. The van der Waals surface area contributed by atoms with Gasteiger partial charge >= 0.3 is 6.03 Å². The molecule has 2 N–H and O–H groups in total. The predicted molar refractivity (Wildman–Crippen MR) is 77.9 cm³/mol. The first-order chi connectivity index (χ1) is 9.45. The molecule has 0 aromatic heterocycles. The first-order valence-electron chi connectivity index (χ1n) is 5.75. The largest absolute Gasteiger partial charge is 0.323 e. The van der Waals surface area contributed by atoms with Gasteiger partial charge in [0, 0.05) is 10.5 Å². The zero-order valence-electron chi connectivity index (χ0n) is 10.5. The molecule has 0 aliphatic carbocycles. The number of urea groups is 1. The van der Waals surface area contributed by atoms with Crippen LogP contribution < -0.4 is 10.6 Å². The maximum absolute atomic E-state index is 13.4. The number of anilines is 2. The molecule has 0 radical (unpaired) electrons. The molecular weight excluding hydrogens is 330 g/mol. The summed E-state index contributed by atoms with van der Waals surface area (Å²) < 4.78 is 26.9. The minimum atomic E-state index is -0.830. The van der Waals surface area contributed by atoms with E-state index in [4.69, 9.17) is 0 Å². The Hall–Kier alpha value is -1.95. The lowest BCUT2D eigenvalue weighted by atomic mass is 10.2. The smallest absolute Gasteiger partial charge is 0.307 e. The van der Waals surface area contributed by atoms with E-state index in [9.17, 15) is 13.6 Å². The molecular formula is C14H11BrF2N2O. The first kappa shape index (κ1) is 14.5. The molecule has 3 nitrogen and oxygen atoms in total. The normalized spacial score (nSPS) is 10.2. The Labute approximate surface area is 123 Å². The van der Waals surface area contributed by atoms with Crippen LogP contribution >= 0.6 is 15.9 Å². The van der Waals surface area contributed by atoms with Crippen molar-refractivity contribution in [3.05, 3.63) is 58.1 Å². The van der Waals surface area contributed by atoms with Crippen molar-refractivity contribution in [3.8, 4) is 0 Å². The molecule has 0 saturated heterocycles. The van der Waals surface area contributed by atoms with Gasteiger partial charge in [-0.2, -0.15) is 0 Å². The fourth-order valence-corrected chi connectivity index (χ4v) is 1.95. The summed E-state index contributed by atoms with van der Waals surface area (Å²) in [5.74, 6) is -1.53. The Morgan fingerprint density at radius 1 is 1.05 bits per heavy atom. The van der Waals surface area contributed by atoms with E-state index in [-0.39, 0.29) is 5.69 Å². The van der Waals surface area contributed by atoms with E-state index >= 15 is 0 Å². The van der Waals surface area contributed by atoms with Gasteiger partial charge in [-0.25, -0.2) is 13.6 Å². The van der Waals surface area contributed by atoms with E-state index in [1.807, 2.05) is 13.0 Å². The highest BCUT2D eigenvalue weighted by molar-refractivity contribution is 9.10. The van der Waals surface area contributed by atoms with E-state index < -0.39 is 17.7 Å². The Morgan fingerprint density at radius 2 is 1.75 bits per heavy atom. The first-order valence-corrected chi connectivity index (χ1v) is 6.54. The Kier molecular flexibility index (Phi) is 4.34. The van der Waals surface area contributed by atoms with Crippen LogP contribution in [0.15, 0.2) is 40.9 Å². The van der Waals surface area contributed by atoms with Gasteiger partial charge < -0.3 is 10.6 Å². The molecule has 2 aromatic rings. The van der Waals surface area contributed by atoms with Crippen LogP contribution in [0.2, 0.25) is 0 Å². The monoisotopic (exact) mass is 340 g/mol. The van der Waals surface area contributed by atoms with Crippen LogP contribution in [0.3, 0.4) is 0 Å². The number of rotatable bonds is 2. The molecule has 0 saturated carbocycles. The summed E-state index contributed by atoms with van der Waals surface area (Å²) in [6.45, 7) is 1.88. The van der Waals surface area contributed by atoms with Crippen LogP contribution in [0, 0.1) is 18.6 Å². The molecule has 2 rings (SSSR count). The Morgan fingerprint density at radius 3 is 2.45 bits per heavy atom. The highest BCUT2D eigenvalue weighted by Crippen LogP contribution is 2.23. The second-order valence-corrected chi connectivity index (χ2v) is 5.04. The number of nitrogens with one attached hydrogen (secondary N) is 2. The van der Waals surface area contributed by atoms with Gasteiger partial charge in [0.1, 0.15) is 11.6 Å². The van der Waals surface area contributed by atoms with Gasteiger partial charge in [-0.3, -0.25) is 0 Å². The predicted octanol–water partition coefficient (Wildman–Crippen LogP) is 4.68. The van der Waals surface area contributed by atoms with Gasteiger partial charge in [0.15, 0.2) is 0 Å². The molecule has 0 bridgehead atoms. The molecule has 0 atom stereocenters. The Bertz CT molecular complexity index is 662. The molecule has 2 aromatic carbocycles. The van der Waals surface area contributed by atoms with E-state index in [1.165, 1.54) is 0 Å². The van der Waals surface area contributed by atoms with Crippen molar-refractivity contribution in [2.45, 2.75) is 6.92 Å². The van der Waals surface area contributed by atoms with Crippen molar-refractivity contribution < 1.29 is 13.6 Å². The number of hydrogen-bond acceptors (Lipinski definition) is 1. The molecule has 0 unspecified atom stereocenters. The molecule has 0 fully saturated rings. The van der Waals surface area contributed by atoms with Crippen molar-refractivity contribution in [2.24, 2.45) is 0 Å². The highest BCUT2D eigenvalue weighted by atomic mass is 79.9. The number of carbonyl (C=O) groups is 1.